The summed E-state index contributed by atoms with van der Waals surface area (Å²) in [5.41, 5.74) is 5.32. The van der Waals surface area contributed by atoms with Gasteiger partial charge in [-0.1, -0.05) is 12.1 Å². The molecule has 5 heteroatoms. The van der Waals surface area contributed by atoms with E-state index in [1.165, 1.54) is 12.8 Å². The lowest BCUT2D eigenvalue weighted by Gasteiger charge is -2.24. The Morgan fingerprint density at radius 2 is 2.16 bits per heavy atom. The van der Waals surface area contributed by atoms with Crippen LogP contribution in [0.4, 0.5) is 0 Å². The van der Waals surface area contributed by atoms with Gasteiger partial charge in [-0.2, -0.15) is 4.98 Å². The molecule has 1 unspecified atom stereocenters. The number of ether oxygens (including phenoxy) is 1. The molecule has 1 heterocycles. The highest BCUT2D eigenvalue weighted by molar-refractivity contribution is 5.04. The first-order valence-corrected chi connectivity index (χ1v) is 7.37. The number of rotatable bonds is 7. The zero-order valence-electron chi connectivity index (χ0n) is 12.0. The standard InChI is InChI=1S/C14H25N3O2/c1-3-18-14(8-4-5-9-14)13-16-12(19-17-13)7-6-11(2)10-15/h11H,3-10,15H2,1-2H3. The Labute approximate surface area is 114 Å². The lowest BCUT2D eigenvalue weighted by atomic mass is 10.0. The molecular formula is C14H25N3O2. The third-order valence-electron chi connectivity index (χ3n) is 3.96. The maximum atomic E-state index is 5.93. The van der Waals surface area contributed by atoms with Crippen LogP contribution in [0.5, 0.6) is 0 Å². The van der Waals surface area contributed by atoms with Crippen molar-refractivity contribution in [1.82, 2.24) is 10.1 Å². The fourth-order valence-corrected chi connectivity index (χ4v) is 2.68. The number of hydrogen-bond acceptors (Lipinski definition) is 5. The lowest BCUT2D eigenvalue weighted by molar-refractivity contribution is -0.0469. The monoisotopic (exact) mass is 267 g/mol. The third kappa shape index (κ3) is 3.34. The van der Waals surface area contributed by atoms with E-state index in [1.54, 1.807) is 0 Å². The van der Waals surface area contributed by atoms with Crippen molar-refractivity contribution in [3.8, 4) is 0 Å². The van der Waals surface area contributed by atoms with Crippen molar-refractivity contribution in [3.63, 3.8) is 0 Å². The van der Waals surface area contributed by atoms with E-state index in [0.29, 0.717) is 25.0 Å². The molecule has 0 radical (unpaired) electrons. The zero-order valence-corrected chi connectivity index (χ0v) is 12.0. The Morgan fingerprint density at radius 1 is 1.42 bits per heavy atom. The first-order valence-electron chi connectivity index (χ1n) is 7.37. The molecule has 1 saturated carbocycles. The molecule has 2 N–H and O–H groups in total. The molecule has 1 fully saturated rings. The van der Waals surface area contributed by atoms with E-state index in [0.717, 1.165) is 31.5 Å². The van der Waals surface area contributed by atoms with E-state index in [2.05, 4.69) is 17.1 Å². The van der Waals surface area contributed by atoms with Crippen molar-refractivity contribution >= 4 is 0 Å². The van der Waals surface area contributed by atoms with Gasteiger partial charge in [0.1, 0.15) is 5.60 Å². The number of nitrogens with two attached hydrogens (primary N) is 1. The molecule has 0 amide bonds. The van der Waals surface area contributed by atoms with Gasteiger partial charge in [-0.05, 0) is 51.5 Å². The van der Waals surface area contributed by atoms with Crippen LogP contribution in [0, 0.1) is 5.92 Å². The van der Waals surface area contributed by atoms with E-state index < -0.39 is 0 Å². The smallest absolute Gasteiger partial charge is 0.226 e. The molecule has 2 rings (SSSR count). The Morgan fingerprint density at radius 3 is 2.79 bits per heavy atom. The van der Waals surface area contributed by atoms with Gasteiger partial charge in [0.05, 0.1) is 0 Å². The molecule has 0 spiro atoms. The first-order chi connectivity index (χ1) is 9.20. The van der Waals surface area contributed by atoms with Crippen LogP contribution in [0.1, 0.15) is 57.7 Å². The molecule has 19 heavy (non-hydrogen) atoms. The molecule has 1 aromatic heterocycles. The maximum absolute atomic E-state index is 5.93. The van der Waals surface area contributed by atoms with Gasteiger partial charge in [-0.15, -0.1) is 0 Å². The number of hydrogen-bond donors (Lipinski definition) is 1. The molecule has 0 aliphatic heterocycles. The number of aromatic nitrogens is 2. The molecule has 0 saturated heterocycles. The molecule has 5 nitrogen and oxygen atoms in total. The Hall–Kier alpha value is -0.940. The average molecular weight is 267 g/mol. The Kier molecular flexibility index (Phi) is 4.93. The second-order valence-corrected chi connectivity index (χ2v) is 5.53. The Bertz CT molecular complexity index is 386. The topological polar surface area (TPSA) is 74.2 Å². The van der Waals surface area contributed by atoms with Gasteiger partial charge in [0.25, 0.3) is 0 Å². The number of nitrogens with zero attached hydrogens (tertiary/aromatic N) is 2. The number of aryl methyl sites for hydroxylation is 1. The summed E-state index contributed by atoms with van der Waals surface area (Å²) in [6, 6.07) is 0. The predicted octanol–water partition coefficient (Wildman–Crippen LogP) is 2.40. The van der Waals surface area contributed by atoms with Crippen LogP contribution in [0.3, 0.4) is 0 Å². The van der Waals surface area contributed by atoms with Crippen molar-refractivity contribution in [3.05, 3.63) is 11.7 Å². The fourth-order valence-electron chi connectivity index (χ4n) is 2.68. The predicted molar refractivity (Wildman–Crippen MR) is 72.6 cm³/mol. The first kappa shape index (κ1) is 14.5. The van der Waals surface area contributed by atoms with Crippen LogP contribution in [-0.4, -0.2) is 23.3 Å². The minimum atomic E-state index is -0.296. The third-order valence-corrected chi connectivity index (χ3v) is 3.96. The fraction of sp³-hybridized carbons (Fsp3) is 0.857. The van der Waals surface area contributed by atoms with Gasteiger partial charge in [-0.3, -0.25) is 0 Å². The van der Waals surface area contributed by atoms with Gasteiger partial charge >= 0.3 is 0 Å². The summed E-state index contributed by atoms with van der Waals surface area (Å²) in [4.78, 5) is 4.55. The van der Waals surface area contributed by atoms with Gasteiger partial charge in [-0.25, -0.2) is 0 Å². The van der Waals surface area contributed by atoms with Crippen molar-refractivity contribution in [2.75, 3.05) is 13.2 Å². The molecular weight excluding hydrogens is 242 g/mol. The molecule has 1 aromatic rings. The summed E-state index contributed by atoms with van der Waals surface area (Å²) in [5.74, 6) is 1.94. The molecule has 1 aliphatic carbocycles. The zero-order chi connectivity index (χ0) is 13.7. The van der Waals surface area contributed by atoms with Gasteiger partial charge in [0.15, 0.2) is 0 Å². The maximum Gasteiger partial charge on any atom is 0.226 e. The Balaban J connectivity index is 2.02. The second-order valence-electron chi connectivity index (χ2n) is 5.53. The van der Waals surface area contributed by atoms with Crippen LogP contribution in [0.15, 0.2) is 4.52 Å². The van der Waals surface area contributed by atoms with Gasteiger partial charge in [0.2, 0.25) is 11.7 Å². The normalized spacial score (nSPS) is 19.7. The van der Waals surface area contributed by atoms with E-state index in [4.69, 9.17) is 15.0 Å². The molecule has 1 atom stereocenters. The van der Waals surface area contributed by atoms with Crippen LogP contribution < -0.4 is 5.73 Å². The molecule has 108 valence electrons. The van der Waals surface area contributed by atoms with E-state index in [1.807, 2.05) is 6.92 Å². The van der Waals surface area contributed by atoms with E-state index in [-0.39, 0.29) is 5.60 Å². The van der Waals surface area contributed by atoms with Crippen molar-refractivity contribution in [2.45, 2.75) is 58.0 Å². The minimum absolute atomic E-state index is 0.296. The van der Waals surface area contributed by atoms with Crippen LogP contribution in [-0.2, 0) is 16.8 Å². The average Bonchev–Trinajstić information content (AvgIpc) is 3.05. The van der Waals surface area contributed by atoms with Crippen molar-refractivity contribution < 1.29 is 9.26 Å². The quantitative estimate of drug-likeness (QED) is 0.821. The summed E-state index contributed by atoms with van der Waals surface area (Å²) < 4.78 is 11.3. The SMILES string of the molecule is CCOC1(c2noc(CCC(C)CN)n2)CCCC1. The summed E-state index contributed by atoms with van der Waals surface area (Å²) in [6.45, 7) is 5.54. The molecule has 0 bridgehead atoms. The van der Waals surface area contributed by atoms with Crippen LogP contribution in [0.25, 0.3) is 0 Å². The van der Waals surface area contributed by atoms with Crippen molar-refractivity contribution in [2.24, 2.45) is 11.7 Å². The largest absolute Gasteiger partial charge is 0.367 e. The highest BCUT2D eigenvalue weighted by atomic mass is 16.5. The minimum Gasteiger partial charge on any atom is -0.367 e. The van der Waals surface area contributed by atoms with Gasteiger partial charge in [0, 0.05) is 13.0 Å². The summed E-state index contributed by atoms with van der Waals surface area (Å²) in [6.07, 6.45) is 6.13. The second kappa shape index (κ2) is 6.48. The van der Waals surface area contributed by atoms with Gasteiger partial charge < -0.3 is 15.0 Å². The van der Waals surface area contributed by atoms with E-state index in [9.17, 15) is 0 Å². The highest BCUT2D eigenvalue weighted by Crippen LogP contribution is 2.40. The summed E-state index contributed by atoms with van der Waals surface area (Å²) >= 11 is 0. The van der Waals surface area contributed by atoms with E-state index >= 15 is 0 Å². The summed E-state index contributed by atoms with van der Waals surface area (Å²) in [5, 5.41) is 4.15. The van der Waals surface area contributed by atoms with Crippen molar-refractivity contribution in [1.29, 1.82) is 0 Å². The highest BCUT2D eigenvalue weighted by Gasteiger charge is 2.40. The molecule has 1 aliphatic rings. The van der Waals surface area contributed by atoms with Crippen LogP contribution in [0.2, 0.25) is 0 Å². The lowest BCUT2D eigenvalue weighted by Crippen LogP contribution is -2.27. The summed E-state index contributed by atoms with van der Waals surface area (Å²) in [7, 11) is 0. The van der Waals surface area contributed by atoms with Crippen LogP contribution >= 0.6 is 0 Å². The molecule has 0 aromatic carbocycles.